The molecule has 0 aromatic heterocycles. The Labute approximate surface area is 94.4 Å². The van der Waals surface area contributed by atoms with Gasteiger partial charge in [0.1, 0.15) is 5.60 Å². The van der Waals surface area contributed by atoms with Crippen molar-refractivity contribution in [2.75, 3.05) is 0 Å². The van der Waals surface area contributed by atoms with Crippen LogP contribution in [0, 0.1) is 0 Å². The first-order chi connectivity index (χ1) is 7.08. The number of unbranched alkanes of at least 4 members (excludes halogenated alkanes) is 1. The van der Waals surface area contributed by atoms with Crippen LogP contribution in [0.25, 0.3) is 0 Å². The zero-order valence-electron chi connectivity index (χ0n) is 10.8. The molecule has 0 bridgehead atoms. The number of carbonyl (C=O) groups is 1. The highest BCUT2D eigenvalue weighted by molar-refractivity contribution is 5.69. The van der Waals surface area contributed by atoms with Crippen LogP contribution in [0.4, 0.5) is 0 Å². The molecule has 0 aliphatic carbocycles. The Balaban J connectivity index is 4.08. The van der Waals surface area contributed by atoms with E-state index in [0.717, 1.165) is 38.5 Å². The van der Waals surface area contributed by atoms with E-state index in [1.165, 1.54) is 0 Å². The Hall–Kier alpha value is -0.530. The first-order valence-electron chi connectivity index (χ1n) is 6.29. The van der Waals surface area contributed by atoms with Crippen LogP contribution in [0.5, 0.6) is 0 Å². The minimum atomic E-state index is -0.228. The molecule has 0 radical (unpaired) electrons. The molecule has 0 rings (SSSR count). The zero-order valence-corrected chi connectivity index (χ0v) is 10.8. The second-order valence-corrected chi connectivity index (χ2v) is 4.53. The van der Waals surface area contributed by atoms with Gasteiger partial charge in [0.2, 0.25) is 0 Å². The van der Waals surface area contributed by atoms with Crippen molar-refractivity contribution in [3.05, 3.63) is 0 Å². The van der Waals surface area contributed by atoms with Gasteiger partial charge in [-0.15, -0.1) is 0 Å². The molecule has 0 spiro atoms. The summed E-state index contributed by atoms with van der Waals surface area (Å²) in [5.74, 6) is -0.0266. The molecule has 0 aliphatic heterocycles. The molecule has 0 atom stereocenters. The third-order valence-corrected chi connectivity index (χ3v) is 2.65. The number of esters is 1. The van der Waals surface area contributed by atoms with Crippen molar-refractivity contribution in [1.82, 2.24) is 0 Å². The van der Waals surface area contributed by atoms with E-state index in [1.807, 2.05) is 0 Å². The van der Waals surface area contributed by atoms with Crippen LogP contribution in [0.2, 0.25) is 0 Å². The minimum absolute atomic E-state index is 0.0266. The molecule has 0 fully saturated rings. The second-order valence-electron chi connectivity index (χ2n) is 4.53. The Morgan fingerprint density at radius 2 is 1.60 bits per heavy atom. The molecule has 0 saturated heterocycles. The Kier molecular flexibility index (Phi) is 7.45. The summed E-state index contributed by atoms with van der Waals surface area (Å²) in [6, 6.07) is 0. The summed E-state index contributed by atoms with van der Waals surface area (Å²) in [5, 5.41) is 0. The average molecular weight is 214 g/mol. The summed E-state index contributed by atoms with van der Waals surface area (Å²) < 4.78 is 5.58. The number of ether oxygens (including phenoxy) is 1. The van der Waals surface area contributed by atoms with Crippen molar-refractivity contribution in [1.29, 1.82) is 0 Å². The van der Waals surface area contributed by atoms with Crippen molar-refractivity contribution in [3.63, 3.8) is 0 Å². The van der Waals surface area contributed by atoms with Crippen molar-refractivity contribution in [3.8, 4) is 0 Å². The van der Waals surface area contributed by atoms with E-state index in [4.69, 9.17) is 4.74 Å². The molecule has 0 N–H and O–H groups in total. The van der Waals surface area contributed by atoms with Crippen molar-refractivity contribution in [2.24, 2.45) is 0 Å². The molecule has 0 aromatic carbocycles. The Bertz CT molecular complexity index is 169. The number of rotatable bonds is 8. The second kappa shape index (κ2) is 7.72. The highest BCUT2D eigenvalue weighted by atomic mass is 16.6. The summed E-state index contributed by atoms with van der Waals surface area (Å²) in [6.45, 7) is 8.41. The van der Waals surface area contributed by atoms with Crippen LogP contribution in [0.15, 0.2) is 0 Å². The van der Waals surface area contributed by atoms with E-state index in [0.29, 0.717) is 6.42 Å². The quantitative estimate of drug-likeness (QED) is 0.569. The molecule has 0 heterocycles. The molecule has 0 aromatic rings. The summed E-state index contributed by atoms with van der Waals surface area (Å²) in [7, 11) is 0. The maximum Gasteiger partial charge on any atom is 0.306 e. The predicted molar refractivity (Wildman–Crippen MR) is 63.8 cm³/mol. The molecule has 0 unspecified atom stereocenters. The summed E-state index contributed by atoms with van der Waals surface area (Å²) in [4.78, 5) is 11.5. The van der Waals surface area contributed by atoms with Gasteiger partial charge in [-0.3, -0.25) is 4.79 Å². The van der Waals surface area contributed by atoms with Crippen LogP contribution in [-0.4, -0.2) is 11.6 Å². The molecule has 0 aliphatic rings. The maximum atomic E-state index is 11.5. The van der Waals surface area contributed by atoms with E-state index in [9.17, 15) is 4.79 Å². The van der Waals surface area contributed by atoms with Crippen LogP contribution in [0.1, 0.15) is 72.6 Å². The van der Waals surface area contributed by atoms with Crippen LogP contribution >= 0.6 is 0 Å². The molecular weight excluding hydrogens is 188 g/mol. The Morgan fingerprint density at radius 1 is 1.07 bits per heavy atom. The molecule has 0 saturated carbocycles. The first-order valence-corrected chi connectivity index (χ1v) is 6.29. The largest absolute Gasteiger partial charge is 0.459 e. The van der Waals surface area contributed by atoms with Crippen molar-refractivity contribution < 1.29 is 9.53 Å². The van der Waals surface area contributed by atoms with Gasteiger partial charge < -0.3 is 4.74 Å². The molecule has 15 heavy (non-hydrogen) atoms. The zero-order chi connectivity index (χ0) is 11.7. The van der Waals surface area contributed by atoms with Crippen LogP contribution < -0.4 is 0 Å². The van der Waals surface area contributed by atoms with Crippen molar-refractivity contribution in [2.45, 2.75) is 78.2 Å². The number of carbonyl (C=O) groups excluding carboxylic acids is 1. The van der Waals surface area contributed by atoms with Crippen molar-refractivity contribution >= 4 is 5.97 Å². The fourth-order valence-corrected chi connectivity index (χ4v) is 1.93. The normalized spacial score (nSPS) is 11.5. The third-order valence-electron chi connectivity index (χ3n) is 2.65. The van der Waals surface area contributed by atoms with Gasteiger partial charge in [0, 0.05) is 6.42 Å². The highest BCUT2D eigenvalue weighted by Gasteiger charge is 2.26. The summed E-state index contributed by atoms with van der Waals surface area (Å²) >= 11 is 0. The fourth-order valence-electron chi connectivity index (χ4n) is 1.93. The molecule has 2 heteroatoms. The fraction of sp³-hybridized carbons (Fsp3) is 0.923. The van der Waals surface area contributed by atoms with E-state index < -0.39 is 0 Å². The average Bonchev–Trinajstić information content (AvgIpc) is 2.15. The first kappa shape index (κ1) is 14.5. The lowest BCUT2D eigenvalue weighted by atomic mass is 9.95. The smallest absolute Gasteiger partial charge is 0.306 e. The summed E-state index contributed by atoms with van der Waals surface area (Å²) in [6.07, 6.45) is 6.63. The van der Waals surface area contributed by atoms with E-state index in [2.05, 4.69) is 27.7 Å². The highest BCUT2D eigenvalue weighted by Crippen LogP contribution is 2.24. The maximum absolute atomic E-state index is 11.5. The molecule has 90 valence electrons. The van der Waals surface area contributed by atoms with Gasteiger partial charge in [0.25, 0.3) is 0 Å². The van der Waals surface area contributed by atoms with Gasteiger partial charge in [-0.2, -0.15) is 0 Å². The van der Waals surface area contributed by atoms with E-state index >= 15 is 0 Å². The van der Waals surface area contributed by atoms with Gasteiger partial charge >= 0.3 is 5.97 Å². The number of hydrogen-bond donors (Lipinski definition) is 0. The lowest BCUT2D eigenvalue weighted by Gasteiger charge is -2.29. The standard InChI is InChI=1S/C13H26O2/c1-5-8-9-12(14)15-13(4,10-6-2)11-7-3/h5-11H2,1-4H3. The van der Waals surface area contributed by atoms with Gasteiger partial charge in [-0.05, 0) is 26.2 Å². The van der Waals surface area contributed by atoms with Crippen LogP contribution in [0.3, 0.4) is 0 Å². The van der Waals surface area contributed by atoms with Gasteiger partial charge in [-0.25, -0.2) is 0 Å². The third kappa shape index (κ3) is 6.53. The van der Waals surface area contributed by atoms with Crippen LogP contribution in [-0.2, 0) is 9.53 Å². The Morgan fingerprint density at radius 3 is 2.00 bits per heavy atom. The lowest BCUT2D eigenvalue weighted by Crippen LogP contribution is -2.31. The monoisotopic (exact) mass is 214 g/mol. The SMILES string of the molecule is CCCCC(=O)OC(C)(CCC)CCC. The molecule has 0 amide bonds. The predicted octanol–water partition coefficient (Wildman–Crippen LogP) is 4.08. The van der Waals surface area contributed by atoms with E-state index in [-0.39, 0.29) is 11.6 Å². The van der Waals surface area contributed by atoms with Gasteiger partial charge in [0.15, 0.2) is 0 Å². The summed E-state index contributed by atoms with van der Waals surface area (Å²) in [5.41, 5.74) is -0.228. The van der Waals surface area contributed by atoms with Gasteiger partial charge in [0.05, 0.1) is 0 Å². The molecular formula is C13H26O2. The lowest BCUT2D eigenvalue weighted by molar-refractivity contribution is -0.159. The minimum Gasteiger partial charge on any atom is -0.459 e. The van der Waals surface area contributed by atoms with Gasteiger partial charge in [-0.1, -0.05) is 40.0 Å². The van der Waals surface area contributed by atoms with E-state index in [1.54, 1.807) is 0 Å². The molecule has 2 nitrogen and oxygen atoms in total. The number of hydrogen-bond acceptors (Lipinski definition) is 2. The topological polar surface area (TPSA) is 26.3 Å².